The average Bonchev–Trinajstić information content (AvgIpc) is 2.38. The number of carboxylic acid groups (broad SMARTS) is 1. The highest BCUT2D eigenvalue weighted by atomic mass is 19.1. The molecule has 118 valence electrons. The third-order valence-corrected chi connectivity index (χ3v) is 3.31. The smallest absolute Gasteiger partial charge is 0.323 e. The Morgan fingerprint density at radius 3 is 2.67 bits per heavy atom. The molecule has 0 aliphatic heterocycles. The Morgan fingerprint density at radius 1 is 1.48 bits per heavy atom. The fraction of sp³-hybridized carbons (Fsp3) is 0.562. The molecular formula is C16H24FNO3. The fourth-order valence-corrected chi connectivity index (χ4v) is 2.16. The van der Waals surface area contributed by atoms with Crippen molar-refractivity contribution in [1.29, 1.82) is 0 Å². The van der Waals surface area contributed by atoms with E-state index in [0.717, 1.165) is 0 Å². The summed E-state index contributed by atoms with van der Waals surface area (Å²) >= 11 is 0. The number of carbonyl (C=O) groups is 1. The number of benzene rings is 1. The van der Waals surface area contributed by atoms with Gasteiger partial charge in [-0.05, 0) is 52.2 Å². The molecule has 0 spiro atoms. The van der Waals surface area contributed by atoms with Crippen molar-refractivity contribution in [2.45, 2.75) is 52.1 Å². The highest BCUT2D eigenvalue weighted by Gasteiger charge is 2.32. The quantitative estimate of drug-likeness (QED) is 0.724. The molecule has 1 unspecified atom stereocenters. The molecule has 0 bridgehead atoms. The third kappa shape index (κ3) is 5.34. The molecule has 5 heteroatoms. The highest BCUT2D eigenvalue weighted by molar-refractivity contribution is 5.78. The van der Waals surface area contributed by atoms with Crippen LogP contribution >= 0.6 is 0 Å². The minimum absolute atomic E-state index is 0.0817. The van der Waals surface area contributed by atoms with E-state index in [9.17, 15) is 14.3 Å². The number of hydrogen-bond donors (Lipinski definition) is 2. The molecule has 1 rings (SSSR count). The molecular weight excluding hydrogens is 273 g/mol. The lowest BCUT2D eigenvalue weighted by molar-refractivity contribution is -0.144. The molecule has 0 saturated heterocycles. The van der Waals surface area contributed by atoms with Gasteiger partial charge in [-0.25, -0.2) is 4.39 Å². The molecule has 0 heterocycles. The molecule has 21 heavy (non-hydrogen) atoms. The van der Waals surface area contributed by atoms with Crippen LogP contribution in [0.25, 0.3) is 0 Å². The minimum Gasteiger partial charge on any atom is -0.493 e. The van der Waals surface area contributed by atoms with Gasteiger partial charge in [0.2, 0.25) is 0 Å². The summed E-state index contributed by atoms with van der Waals surface area (Å²) in [5.74, 6) is -0.714. The van der Waals surface area contributed by atoms with Gasteiger partial charge >= 0.3 is 5.97 Å². The van der Waals surface area contributed by atoms with Crippen LogP contribution in [0.15, 0.2) is 18.2 Å². The second kappa shape index (κ2) is 7.41. The summed E-state index contributed by atoms with van der Waals surface area (Å²) in [6.07, 6.45) is 1.01. The normalized spacial score (nSPS) is 14.0. The van der Waals surface area contributed by atoms with Crippen LogP contribution in [0.1, 0.15) is 39.2 Å². The lowest BCUT2D eigenvalue weighted by atomic mass is 9.95. The molecule has 0 aliphatic carbocycles. The molecule has 0 aromatic heterocycles. The molecule has 0 amide bonds. The van der Waals surface area contributed by atoms with E-state index >= 15 is 0 Å². The standard InChI is InChI=1S/C16H24FNO3/c1-11(2)18-16(4,15(19)20)8-5-9-21-13-7-6-12(3)14(17)10-13/h6-7,10-11,18H,5,8-9H2,1-4H3,(H,19,20). The summed E-state index contributed by atoms with van der Waals surface area (Å²) in [4.78, 5) is 11.4. The first-order valence-corrected chi connectivity index (χ1v) is 7.14. The van der Waals surface area contributed by atoms with Gasteiger partial charge < -0.3 is 9.84 Å². The number of aryl methyl sites for hydroxylation is 1. The lowest BCUT2D eigenvalue weighted by Gasteiger charge is -2.28. The van der Waals surface area contributed by atoms with Crippen molar-refractivity contribution in [2.24, 2.45) is 0 Å². The summed E-state index contributed by atoms with van der Waals surface area (Å²) in [5, 5.41) is 12.4. The first kappa shape index (κ1) is 17.4. The van der Waals surface area contributed by atoms with Gasteiger partial charge in [-0.2, -0.15) is 0 Å². The van der Waals surface area contributed by atoms with Crippen molar-refractivity contribution in [3.05, 3.63) is 29.6 Å². The molecule has 0 saturated carbocycles. The zero-order valence-corrected chi connectivity index (χ0v) is 13.1. The number of halogens is 1. The molecule has 0 fully saturated rings. The Morgan fingerprint density at radius 2 is 2.14 bits per heavy atom. The van der Waals surface area contributed by atoms with Gasteiger partial charge in [0, 0.05) is 12.1 Å². The maximum absolute atomic E-state index is 13.4. The maximum Gasteiger partial charge on any atom is 0.323 e. The summed E-state index contributed by atoms with van der Waals surface area (Å²) in [6, 6.07) is 4.80. The van der Waals surface area contributed by atoms with Crippen molar-refractivity contribution in [3.63, 3.8) is 0 Å². The number of nitrogens with one attached hydrogen (secondary N) is 1. The highest BCUT2D eigenvalue weighted by Crippen LogP contribution is 2.18. The van der Waals surface area contributed by atoms with Crippen molar-refractivity contribution >= 4 is 5.97 Å². The van der Waals surface area contributed by atoms with Crippen LogP contribution in [0.2, 0.25) is 0 Å². The zero-order valence-electron chi connectivity index (χ0n) is 13.1. The van der Waals surface area contributed by atoms with E-state index < -0.39 is 11.5 Å². The topological polar surface area (TPSA) is 58.6 Å². The van der Waals surface area contributed by atoms with Crippen molar-refractivity contribution in [3.8, 4) is 5.75 Å². The molecule has 1 atom stereocenters. The number of carboxylic acids is 1. The van der Waals surface area contributed by atoms with Crippen molar-refractivity contribution in [1.82, 2.24) is 5.32 Å². The Kier molecular flexibility index (Phi) is 6.15. The molecule has 1 aromatic rings. The third-order valence-electron chi connectivity index (χ3n) is 3.31. The molecule has 0 radical (unpaired) electrons. The number of aliphatic carboxylic acids is 1. The average molecular weight is 297 g/mol. The van der Waals surface area contributed by atoms with Crippen LogP contribution in [0.4, 0.5) is 4.39 Å². The van der Waals surface area contributed by atoms with Gasteiger partial charge in [-0.15, -0.1) is 0 Å². The van der Waals surface area contributed by atoms with Gasteiger partial charge in [0.15, 0.2) is 0 Å². The largest absolute Gasteiger partial charge is 0.493 e. The predicted molar refractivity (Wildman–Crippen MR) is 80.2 cm³/mol. The van der Waals surface area contributed by atoms with E-state index in [1.54, 1.807) is 26.0 Å². The van der Waals surface area contributed by atoms with Crippen LogP contribution < -0.4 is 10.1 Å². The molecule has 2 N–H and O–H groups in total. The van der Waals surface area contributed by atoms with Gasteiger partial charge in [0.25, 0.3) is 0 Å². The predicted octanol–water partition coefficient (Wildman–Crippen LogP) is 3.13. The zero-order chi connectivity index (χ0) is 16.0. The van der Waals surface area contributed by atoms with E-state index in [4.69, 9.17) is 4.74 Å². The lowest BCUT2D eigenvalue weighted by Crippen LogP contribution is -2.52. The SMILES string of the molecule is Cc1ccc(OCCCC(C)(NC(C)C)C(=O)O)cc1F. The van der Waals surface area contributed by atoms with Crippen LogP contribution in [0, 0.1) is 12.7 Å². The molecule has 0 aliphatic rings. The first-order valence-electron chi connectivity index (χ1n) is 7.14. The summed E-state index contributed by atoms with van der Waals surface area (Å²) in [7, 11) is 0. The number of hydrogen-bond acceptors (Lipinski definition) is 3. The Hall–Kier alpha value is -1.62. The van der Waals surface area contributed by atoms with Crippen LogP contribution in [0.5, 0.6) is 5.75 Å². The monoisotopic (exact) mass is 297 g/mol. The Labute approximate surface area is 125 Å². The maximum atomic E-state index is 13.4. The second-order valence-corrected chi connectivity index (χ2v) is 5.80. The Bertz CT molecular complexity index is 490. The van der Waals surface area contributed by atoms with Gasteiger partial charge in [0.1, 0.15) is 17.1 Å². The van der Waals surface area contributed by atoms with Gasteiger partial charge in [-0.1, -0.05) is 6.07 Å². The van der Waals surface area contributed by atoms with E-state index in [1.807, 2.05) is 13.8 Å². The Balaban J connectivity index is 2.47. The summed E-state index contributed by atoms with van der Waals surface area (Å²) in [5.41, 5.74) is -0.405. The number of ether oxygens (including phenoxy) is 1. The van der Waals surface area contributed by atoms with Crippen molar-refractivity contribution < 1.29 is 19.0 Å². The number of rotatable bonds is 8. The first-order chi connectivity index (χ1) is 9.74. The van der Waals surface area contributed by atoms with Gasteiger partial charge in [-0.3, -0.25) is 10.1 Å². The van der Waals surface area contributed by atoms with Crippen LogP contribution in [-0.2, 0) is 4.79 Å². The van der Waals surface area contributed by atoms with Crippen LogP contribution in [-0.4, -0.2) is 29.3 Å². The summed E-state index contributed by atoms with van der Waals surface area (Å²) in [6.45, 7) is 7.53. The van der Waals surface area contributed by atoms with E-state index in [2.05, 4.69) is 5.32 Å². The minimum atomic E-state index is -0.976. The fourth-order valence-electron chi connectivity index (χ4n) is 2.16. The van der Waals surface area contributed by atoms with E-state index in [0.29, 0.717) is 30.8 Å². The molecule has 1 aromatic carbocycles. The molecule has 4 nitrogen and oxygen atoms in total. The van der Waals surface area contributed by atoms with Crippen molar-refractivity contribution in [2.75, 3.05) is 6.61 Å². The second-order valence-electron chi connectivity index (χ2n) is 5.80. The van der Waals surface area contributed by atoms with E-state index in [-0.39, 0.29) is 11.9 Å². The van der Waals surface area contributed by atoms with E-state index in [1.165, 1.54) is 6.07 Å². The van der Waals surface area contributed by atoms with Crippen LogP contribution in [0.3, 0.4) is 0 Å². The summed E-state index contributed by atoms with van der Waals surface area (Å²) < 4.78 is 18.8. The van der Waals surface area contributed by atoms with Gasteiger partial charge in [0.05, 0.1) is 6.61 Å².